The predicted molar refractivity (Wildman–Crippen MR) is 86.2 cm³/mol. The first kappa shape index (κ1) is 15.6. The van der Waals surface area contributed by atoms with Crippen molar-refractivity contribution in [3.05, 3.63) is 29.0 Å². The summed E-state index contributed by atoms with van der Waals surface area (Å²) in [7, 11) is 0. The van der Waals surface area contributed by atoms with Crippen LogP contribution in [0.25, 0.3) is 0 Å². The normalized spacial score (nSPS) is 31.4. The molecule has 0 bridgehead atoms. The number of fused-ring (bicyclic) bond motifs is 1. The number of likely N-dealkylation sites (tertiary alicyclic amines) is 1. The second-order valence-electron chi connectivity index (χ2n) is 7.67. The largest absolute Gasteiger partial charge is 0.465 e. The Kier molecular flexibility index (Phi) is 3.84. The van der Waals surface area contributed by atoms with Crippen LogP contribution < -0.4 is 0 Å². The van der Waals surface area contributed by atoms with Crippen molar-refractivity contribution in [2.75, 3.05) is 6.54 Å². The average Bonchev–Trinajstić information content (AvgIpc) is 2.96. The molecule has 4 atom stereocenters. The van der Waals surface area contributed by atoms with Gasteiger partial charge in [0.2, 0.25) is 0 Å². The van der Waals surface area contributed by atoms with E-state index in [1.807, 2.05) is 18.3 Å². The Labute approximate surface area is 136 Å². The fourth-order valence-electron chi connectivity index (χ4n) is 4.65. The van der Waals surface area contributed by atoms with Gasteiger partial charge < -0.3 is 10.0 Å². The highest BCUT2D eigenvalue weighted by molar-refractivity contribution is 6.29. The van der Waals surface area contributed by atoms with Gasteiger partial charge in [-0.2, -0.15) is 0 Å². The van der Waals surface area contributed by atoms with Gasteiger partial charge in [-0.05, 0) is 47.6 Å². The first-order valence-corrected chi connectivity index (χ1v) is 8.28. The highest BCUT2D eigenvalue weighted by Crippen LogP contribution is 2.53. The van der Waals surface area contributed by atoms with Gasteiger partial charge in [-0.25, -0.2) is 9.78 Å². The second kappa shape index (κ2) is 5.41. The Morgan fingerprint density at radius 1 is 1.32 bits per heavy atom. The lowest BCUT2D eigenvalue weighted by Gasteiger charge is -2.36. The molecule has 4 unspecified atom stereocenters. The zero-order chi connectivity index (χ0) is 16.1. The van der Waals surface area contributed by atoms with Crippen molar-refractivity contribution in [3.63, 3.8) is 0 Å². The second-order valence-corrected chi connectivity index (χ2v) is 8.06. The zero-order valence-electron chi connectivity index (χ0n) is 13.3. The number of aromatic nitrogens is 1. The number of rotatable bonds is 1. The molecule has 1 aromatic rings. The maximum atomic E-state index is 11.7. The van der Waals surface area contributed by atoms with E-state index in [4.69, 9.17) is 11.6 Å². The molecule has 22 heavy (non-hydrogen) atoms. The van der Waals surface area contributed by atoms with E-state index < -0.39 is 6.09 Å². The van der Waals surface area contributed by atoms with Gasteiger partial charge in [-0.3, -0.25) is 0 Å². The van der Waals surface area contributed by atoms with Crippen molar-refractivity contribution in [3.8, 4) is 0 Å². The van der Waals surface area contributed by atoms with Crippen LogP contribution in [-0.2, 0) is 0 Å². The maximum Gasteiger partial charge on any atom is 0.407 e. The van der Waals surface area contributed by atoms with E-state index in [2.05, 4.69) is 25.8 Å². The van der Waals surface area contributed by atoms with Crippen molar-refractivity contribution in [2.24, 2.45) is 17.3 Å². The summed E-state index contributed by atoms with van der Waals surface area (Å²) in [5.74, 6) is 1.23. The van der Waals surface area contributed by atoms with Crippen LogP contribution in [0.1, 0.15) is 45.1 Å². The van der Waals surface area contributed by atoms with E-state index in [9.17, 15) is 9.90 Å². The molecule has 1 saturated carbocycles. The summed E-state index contributed by atoms with van der Waals surface area (Å²) in [5, 5.41) is 10.1. The molecule has 0 radical (unpaired) electrons. The molecular formula is C17H23ClN2O2. The van der Waals surface area contributed by atoms with Gasteiger partial charge >= 0.3 is 6.09 Å². The SMILES string of the molecule is CC(C)(C)C1C2CCC(c3ccc(Cl)nc3)C2CN1C(=O)O. The minimum atomic E-state index is -0.790. The molecule has 5 heteroatoms. The third-order valence-corrected chi connectivity index (χ3v) is 5.56. The number of carboxylic acid groups (broad SMARTS) is 1. The Hall–Kier alpha value is -1.29. The van der Waals surface area contributed by atoms with Crippen LogP contribution in [0.3, 0.4) is 0 Å². The van der Waals surface area contributed by atoms with E-state index in [0.717, 1.165) is 12.8 Å². The molecule has 1 aliphatic carbocycles. The molecule has 1 aliphatic heterocycles. The summed E-state index contributed by atoms with van der Waals surface area (Å²) in [6.45, 7) is 7.07. The summed E-state index contributed by atoms with van der Waals surface area (Å²) < 4.78 is 0. The molecular weight excluding hydrogens is 300 g/mol. The number of pyridine rings is 1. The molecule has 1 saturated heterocycles. The first-order valence-electron chi connectivity index (χ1n) is 7.90. The molecule has 2 aliphatic rings. The van der Waals surface area contributed by atoms with E-state index in [1.165, 1.54) is 5.56 Å². The fraction of sp³-hybridized carbons (Fsp3) is 0.647. The highest BCUT2D eigenvalue weighted by Gasteiger charge is 2.54. The third kappa shape index (κ3) is 2.58. The number of hydrogen-bond acceptors (Lipinski definition) is 2. The fourth-order valence-corrected chi connectivity index (χ4v) is 4.76. The Morgan fingerprint density at radius 2 is 2.05 bits per heavy atom. The molecule has 0 spiro atoms. The van der Waals surface area contributed by atoms with Gasteiger partial charge in [0.15, 0.2) is 0 Å². The third-order valence-electron chi connectivity index (χ3n) is 5.34. The van der Waals surface area contributed by atoms with E-state index in [0.29, 0.717) is 29.5 Å². The summed E-state index contributed by atoms with van der Waals surface area (Å²) >= 11 is 5.88. The topological polar surface area (TPSA) is 53.4 Å². The summed E-state index contributed by atoms with van der Waals surface area (Å²) in [6.07, 6.45) is 3.26. The molecule has 120 valence electrons. The van der Waals surface area contributed by atoms with Crippen molar-refractivity contribution >= 4 is 17.7 Å². The molecule has 0 aromatic carbocycles. The van der Waals surface area contributed by atoms with Gasteiger partial charge in [0.25, 0.3) is 0 Å². The van der Waals surface area contributed by atoms with E-state index >= 15 is 0 Å². The van der Waals surface area contributed by atoms with Crippen molar-refractivity contribution < 1.29 is 9.90 Å². The van der Waals surface area contributed by atoms with Crippen LogP contribution in [0.2, 0.25) is 5.15 Å². The van der Waals surface area contributed by atoms with Crippen LogP contribution in [0.4, 0.5) is 4.79 Å². The van der Waals surface area contributed by atoms with E-state index in [-0.39, 0.29) is 11.5 Å². The Bertz CT molecular complexity index is 567. The smallest absolute Gasteiger partial charge is 0.407 e. The zero-order valence-corrected chi connectivity index (χ0v) is 14.0. The molecule has 3 rings (SSSR count). The van der Waals surface area contributed by atoms with Gasteiger partial charge in [0.1, 0.15) is 5.15 Å². The van der Waals surface area contributed by atoms with Crippen molar-refractivity contribution in [2.45, 2.75) is 45.6 Å². The monoisotopic (exact) mass is 322 g/mol. The molecule has 1 N–H and O–H groups in total. The predicted octanol–water partition coefficient (Wildman–Crippen LogP) is 4.25. The van der Waals surface area contributed by atoms with Crippen LogP contribution in [-0.4, -0.2) is 33.7 Å². The molecule has 4 nitrogen and oxygen atoms in total. The van der Waals surface area contributed by atoms with E-state index in [1.54, 1.807) is 4.90 Å². The van der Waals surface area contributed by atoms with Crippen LogP contribution in [0.15, 0.2) is 18.3 Å². The van der Waals surface area contributed by atoms with Crippen molar-refractivity contribution in [1.82, 2.24) is 9.88 Å². The minimum Gasteiger partial charge on any atom is -0.465 e. The van der Waals surface area contributed by atoms with Gasteiger partial charge in [0, 0.05) is 18.8 Å². The number of nitrogens with zero attached hydrogens (tertiary/aromatic N) is 2. The Balaban J connectivity index is 1.89. The average molecular weight is 323 g/mol. The molecule has 1 amide bonds. The molecule has 2 fully saturated rings. The number of carbonyl (C=O) groups is 1. The number of amides is 1. The minimum absolute atomic E-state index is 0.0368. The lowest BCUT2D eigenvalue weighted by molar-refractivity contribution is 0.0900. The summed E-state index contributed by atoms with van der Waals surface area (Å²) in [6, 6.07) is 3.97. The summed E-state index contributed by atoms with van der Waals surface area (Å²) in [4.78, 5) is 17.5. The van der Waals surface area contributed by atoms with Gasteiger partial charge in [0.05, 0.1) is 0 Å². The maximum absolute atomic E-state index is 11.7. The number of hydrogen-bond donors (Lipinski definition) is 1. The standard InChI is InChI=1S/C17H23ClN2O2/c1-17(2,3)15-12-6-5-11(10-4-7-14(18)19-8-10)13(12)9-20(15)16(21)22/h4,7-8,11-13,15H,5-6,9H2,1-3H3,(H,21,22). The van der Waals surface area contributed by atoms with Gasteiger partial charge in [-0.15, -0.1) is 0 Å². The number of halogens is 1. The molecule has 2 heterocycles. The lowest BCUT2D eigenvalue weighted by Crippen LogP contribution is -2.45. The first-order chi connectivity index (χ1) is 10.3. The summed E-state index contributed by atoms with van der Waals surface area (Å²) in [5.41, 5.74) is 1.15. The van der Waals surface area contributed by atoms with Crippen LogP contribution >= 0.6 is 11.6 Å². The highest BCUT2D eigenvalue weighted by atomic mass is 35.5. The Morgan fingerprint density at radius 3 is 2.59 bits per heavy atom. The van der Waals surface area contributed by atoms with Crippen LogP contribution in [0, 0.1) is 17.3 Å². The van der Waals surface area contributed by atoms with Crippen LogP contribution in [0.5, 0.6) is 0 Å². The quantitative estimate of drug-likeness (QED) is 0.786. The molecule has 1 aromatic heterocycles. The van der Waals surface area contributed by atoms with Gasteiger partial charge in [-0.1, -0.05) is 38.4 Å². The van der Waals surface area contributed by atoms with Crippen molar-refractivity contribution in [1.29, 1.82) is 0 Å². The lowest BCUT2D eigenvalue weighted by atomic mass is 9.76.